The fourth-order valence-electron chi connectivity index (χ4n) is 4.42. The molecule has 0 bridgehead atoms. The Balaban J connectivity index is 1.67. The van der Waals surface area contributed by atoms with Crippen molar-refractivity contribution in [3.8, 4) is 5.75 Å². The summed E-state index contributed by atoms with van der Waals surface area (Å²) < 4.78 is 38.7. The topological polar surface area (TPSA) is 64.6 Å². The van der Waals surface area contributed by atoms with Crippen molar-refractivity contribution >= 4 is 11.8 Å². The van der Waals surface area contributed by atoms with Gasteiger partial charge in [-0.3, -0.25) is 10.1 Å². The van der Waals surface area contributed by atoms with Gasteiger partial charge < -0.3 is 9.47 Å². The van der Waals surface area contributed by atoms with Crippen LogP contribution in [0.25, 0.3) is 0 Å². The van der Waals surface area contributed by atoms with Gasteiger partial charge in [-0.15, -0.1) is 0 Å². The van der Waals surface area contributed by atoms with E-state index in [1.807, 2.05) is 0 Å². The Bertz CT molecular complexity index is 978. The average molecular weight is 371 g/mol. The lowest BCUT2D eigenvalue weighted by molar-refractivity contribution is -0.145. The summed E-state index contributed by atoms with van der Waals surface area (Å²) in [6.07, 6.45) is -0.478. The van der Waals surface area contributed by atoms with Crippen molar-refractivity contribution in [2.75, 3.05) is 6.61 Å². The molecule has 3 heterocycles. The number of carbonyl (C=O) groups is 2. The summed E-state index contributed by atoms with van der Waals surface area (Å²) in [7, 11) is 0. The van der Waals surface area contributed by atoms with Crippen molar-refractivity contribution in [3.05, 3.63) is 65.2 Å². The molecule has 0 radical (unpaired) electrons. The number of nitrogens with one attached hydrogen (secondary N) is 1. The van der Waals surface area contributed by atoms with Crippen molar-refractivity contribution in [3.63, 3.8) is 0 Å². The van der Waals surface area contributed by atoms with Gasteiger partial charge in [0, 0.05) is 12.5 Å². The maximum absolute atomic E-state index is 13.8. The zero-order valence-electron chi connectivity index (χ0n) is 14.1. The number of cyclic esters (lactones) is 1. The standard InChI is InChI=1S/C20H15F2NO4/c21-11-3-1-2-10(8-11)16-15-17(24)13-9-12(22)4-5-14(13)27-18(15)20(23-16)6-7-26-19(20)25/h1-5,8-9,15-16,18,23H,6-7H2/t15-,16+,18+,20+/m1/s1. The maximum atomic E-state index is 13.8. The lowest BCUT2D eigenvalue weighted by Gasteiger charge is -2.34. The summed E-state index contributed by atoms with van der Waals surface area (Å²) in [5.74, 6) is -2.38. The van der Waals surface area contributed by atoms with E-state index >= 15 is 0 Å². The van der Waals surface area contributed by atoms with Crippen LogP contribution >= 0.6 is 0 Å². The Hall–Kier alpha value is -2.80. The summed E-state index contributed by atoms with van der Waals surface area (Å²) >= 11 is 0. The van der Waals surface area contributed by atoms with Gasteiger partial charge in [0.05, 0.1) is 18.1 Å². The van der Waals surface area contributed by atoms with E-state index in [0.717, 1.165) is 6.07 Å². The molecule has 2 aromatic rings. The molecule has 1 N–H and O–H groups in total. The molecular weight excluding hydrogens is 356 g/mol. The van der Waals surface area contributed by atoms with Crippen molar-refractivity contribution in [2.24, 2.45) is 5.92 Å². The first kappa shape index (κ1) is 16.4. The van der Waals surface area contributed by atoms with Gasteiger partial charge in [-0.25, -0.2) is 13.6 Å². The van der Waals surface area contributed by atoms with Gasteiger partial charge in [-0.05, 0) is 35.9 Å². The number of fused-ring (bicyclic) bond motifs is 3. The molecule has 0 aliphatic carbocycles. The average Bonchev–Trinajstić information content (AvgIpc) is 3.18. The first-order valence-electron chi connectivity index (χ1n) is 8.70. The SMILES string of the molecule is O=C1c2cc(F)ccc2O[C@H]2[C@@H]1[C@H](c1cccc(F)c1)N[C@@]21CCOC1=O. The minimum absolute atomic E-state index is 0.128. The molecule has 3 aliphatic heterocycles. The van der Waals surface area contributed by atoms with Crippen LogP contribution in [0.3, 0.4) is 0 Å². The third kappa shape index (κ3) is 2.24. The molecule has 138 valence electrons. The highest BCUT2D eigenvalue weighted by atomic mass is 19.1. The third-order valence-corrected chi connectivity index (χ3v) is 5.65. The number of halogens is 2. The molecule has 5 nitrogen and oxygen atoms in total. The lowest BCUT2D eigenvalue weighted by Crippen LogP contribution is -2.56. The molecule has 0 aromatic heterocycles. The molecule has 5 rings (SSSR count). The summed E-state index contributed by atoms with van der Waals surface area (Å²) in [5.41, 5.74) is -0.537. The molecule has 2 saturated heterocycles. The van der Waals surface area contributed by atoms with E-state index in [2.05, 4.69) is 5.32 Å². The number of ether oxygens (including phenoxy) is 2. The molecule has 0 unspecified atom stereocenters. The van der Waals surface area contributed by atoms with Crippen molar-refractivity contribution in [1.82, 2.24) is 5.32 Å². The van der Waals surface area contributed by atoms with Gasteiger partial charge in [-0.2, -0.15) is 0 Å². The quantitative estimate of drug-likeness (QED) is 0.781. The van der Waals surface area contributed by atoms with Crippen LogP contribution in [0.2, 0.25) is 0 Å². The van der Waals surface area contributed by atoms with E-state index in [0.29, 0.717) is 12.0 Å². The number of hydrogen-bond acceptors (Lipinski definition) is 5. The summed E-state index contributed by atoms with van der Waals surface area (Å²) in [6, 6.07) is 8.93. The van der Waals surface area contributed by atoms with Crippen LogP contribution in [0.15, 0.2) is 42.5 Å². The van der Waals surface area contributed by atoms with Crippen LogP contribution in [-0.2, 0) is 9.53 Å². The Kier molecular flexibility index (Phi) is 3.40. The second-order valence-electron chi connectivity index (χ2n) is 7.10. The molecule has 3 aliphatic rings. The highest BCUT2D eigenvalue weighted by Gasteiger charge is 2.65. The summed E-state index contributed by atoms with van der Waals surface area (Å²) in [5, 5.41) is 3.20. The first-order chi connectivity index (χ1) is 13.0. The minimum atomic E-state index is -1.19. The van der Waals surface area contributed by atoms with Gasteiger partial charge in [0.15, 0.2) is 11.3 Å². The Labute approximate surface area is 153 Å². The first-order valence-corrected chi connectivity index (χ1v) is 8.70. The molecule has 2 aromatic carbocycles. The van der Waals surface area contributed by atoms with Crippen molar-refractivity contribution in [2.45, 2.75) is 24.1 Å². The lowest BCUT2D eigenvalue weighted by atomic mass is 9.79. The zero-order valence-corrected chi connectivity index (χ0v) is 14.1. The van der Waals surface area contributed by atoms with Crippen LogP contribution in [0.4, 0.5) is 8.78 Å². The van der Waals surface area contributed by atoms with Gasteiger partial charge >= 0.3 is 5.97 Å². The van der Waals surface area contributed by atoms with E-state index < -0.39 is 41.2 Å². The Morgan fingerprint density at radius 2 is 1.89 bits per heavy atom. The number of carbonyl (C=O) groups excluding carboxylic acids is 2. The number of ketones is 1. The van der Waals surface area contributed by atoms with E-state index in [1.54, 1.807) is 12.1 Å². The van der Waals surface area contributed by atoms with Gasteiger partial charge in [-0.1, -0.05) is 12.1 Å². The molecule has 1 spiro atoms. The van der Waals surface area contributed by atoms with Crippen molar-refractivity contribution < 1.29 is 27.8 Å². The number of rotatable bonds is 1. The molecule has 4 atom stereocenters. The predicted molar refractivity (Wildman–Crippen MR) is 89.2 cm³/mol. The van der Waals surface area contributed by atoms with Gasteiger partial charge in [0.25, 0.3) is 0 Å². The van der Waals surface area contributed by atoms with Gasteiger partial charge in [0.2, 0.25) is 0 Å². The number of benzene rings is 2. The Morgan fingerprint density at radius 3 is 2.63 bits per heavy atom. The second-order valence-corrected chi connectivity index (χ2v) is 7.10. The fourth-order valence-corrected chi connectivity index (χ4v) is 4.42. The molecule has 2 fully saturated rings. The van der Waals surface area contributed by atoms with Crippen LogP contribution in [0, 0.1) is 17.6 Å². The third-order valence-electron chi connectivity index (χ3n) is 5.65. The molecular formula is C20H15F2NO4. The predicted octanol–water partition coefficient (Wildman–Crippen LogP) is 2.55. The highest BCUT2D eigenvalue weighted by Crippen LogP contribution is 2.49. The van der Waals surface area contributed by atoms with E-state index in [4.69, 9.17) is 9.47 Å². The largest absolute Gasteiger partial charge is 0.486 e. The molecule has 0 amide bonds. The van der Waals surface area contributed by atoms with E-state index in [-0.39, 0.29) is 23.7 Å². The van der Waals surface area contributed by atoms with Crippen molar-refractivity contribution in [1.29, 1.82) is 0 Å². The zero-order chi connectivity index (χ0) is 18.8. The van der Waals surface area contributed by atoms with Crippen LogP contribution in [-0.4, -0.2) is 30.0 Å². The van der Waals surface area contributed by atoms with E-state index in [1.165, 1.54) is 24.3 Å². The number of hydrogen-bond donors (Lipinski definition) is 1. The van der Waals surface area contributed by atoms with Crippen LogP contribution in [0.5, 0.6) is 5.75 Å². The monoisotopic (exact) mass is 371 g/mol. The molecule has 27 heavy (non-hydrogen) atoms. The normalized spacial score (nSPS) is 31.4. The van der Waals surface area contributed by atoms with Gasteiger partial charge in [0.1, 0.15) is 23.5 Å². The Morgan fingerprint density at radius 1 is 1.07 bits per heavy atom. The second kappa shape index (κ2) is 5.60. The maximum Gasteiger partial charge on any atom is 0.330 e. The highest BCUT2D eigenvalue weighted by molar-refractivity contribution is 6.04. The molecule has 7 heteroatoms. The number of esters is 1. The fraction of sp³-hybridized carbons (Fsp3) is 0.300. The smallest absolute Gasteiger partial charge is 0.330 e. The minimum Gasteiger partial charge on any atom is -0.486 e. The molecule has 0 saturated carbocycles. The van der Waals surface area contributed by atoms with E-state index in [9.17, 15) is 18.4 Å². The number of Topliss-reactive ketones (excluding diaryl/α,β-unsaturated/α-hetero) is 1. The summed E-state index contributed by atoms with van der Waals surface area (Å²) in [4.78, 5) is 25.8. The summed E-state index contributed by atoms with van der Waals surface area (Å²) in [6.45, 7) is 0.207. The van der Waals surface area contributed by atoms with Crippen LogP contribution in [0.1, 0.15) is 28.4 Å². The van der Waals surface area contributed by atoms with Crippen LogP contribution < -0.4 is 10.1 Å².